The molecule has 1 aliphatic heterocycles. The van der Waals surface area contributed by atoms with Gasteiger partial charge in [-0.3, -0.25) is 14.9 Å². The number of nitrogens with one attached hydrogen (secondary N) is 1. The maximum absolute atomic E-state index is 12.7. The highest BCUT2D eigenvalue weighted by Crippen LogP contribution is 2.29. The number of sulfonamides is 1. The van der Waals surface area contributed by atoms with E-state index in [1.807, 2.05) is 0 Å². The molecule has 3 aromatic rings. The van der Waals surface area contributed by atoms with Gasteiger partial charge in [-0.2, -0.15) is 4.31 Å². The number of non-ortho nitro benzene ring substituents is 1. The van der Waals surface area contributed by atoms with Crippen molar-refractivity contribution in [3.63, 3.8) is 0 Å². The molecule has 1 saturated heterocycles. The lowest BCUT2D eigenvalue weighted by molar-refractivity contribution is -0.384. The van der Waals surface area contributed by atoms with E-state index in [9.17, 15) is 28.1 Å². The van der Waals surface area contributed by atoms with Crippen molar-refractivity contribution in [1.82, 2.24) is 4.31 Å². The summed E-state index contributed by atoms with van der Waals surface area (Å²) in [5.74, 6) is -1.37. The summed E-state index contributed by atoms with van der Waals surface area (Å²) in [6.45, 7) is 0.371. The number of nitrogens with zero attached hydrogens (tertiary/aromatic N) is 2. The van der Waals surface area contributed by atoms with Gasteiger partial charge in [0.2, 0.25) is 10.0 Å². The van der Waals surface area contributed by atoms with Gasteiger partial charge in [-0.25, -0.2) is 13.2 Å². The number of hydrogen-bond donors (Lipinski definition) is 1. The molecule has 0 saturated carbocycles. The van der Waals surface area contributed by atoms with Crippen molar-refractivity contribution < 1.29 is 27.7 Å². The molecule has 0 atom stereocenters. The molecule has 1 aromatic heterocycles. The van der Waals surface area contributed by atoms with Crippen LogP contribution in [0.1, 0.15) is 22.5 Å². The number of fused-ring (bicyclic) bond motifs is 1. The maximum Gasteiger partial charge on any atom is 0.348 e. The van der Waals surface area contributed by atoms with E-state index in [0.29, 0.717) is 23.2 Å². The van der Waals surface area contributed by atoms with Crippen molar-refractivity contribution >= 4 is 54.7 Å². The first kappa shape index (κ1) is 22.8. The molecular formula is C21H19N3O7S2. The molecule has 12 heteroatoms. The van der Waals surface area contributed by atoms with Gasteiger partial charge in [0, 0.05) is 41.0 Å². The number of nitro benzene ring substituents is 1. The van der Waals surface area contributed by atoms with E-state index in [2.05, 4.69) is 5.32 Å². The molecule has 0 spiro atoms. The number of amides is 1. The number of benzene rings is 2. The molecule has 2 heterocycles. The van der Waals surface area contributed by atoms with E-state index in [-0.39, 0.29) is 21.1 Å². The third-order valence-corrected chi connectivity index (χ3v) is 8.06. The van der Waals surface area contributed by atoms with Crippen LogP contribution < -0.4 is 5.32 Å². The van der Waals surface area contributed by atoms with Gasteiger partial charge in [0.25, 0.3) is 11.6 Å². The monoisotopic (exact) mass is 489 g/mol. The molecule has 4 rings (SSSR count). The normalized spacial score (nSPS) is 14.3. The van der Waals surface area contributed by atoms with Crippen LogP contribution in [-0.4, -0.2) is 49.2 Å². The lowest BCUT2D eigenvalue weighted by atomic mass is 10.2. The summed E-state index contributed by atoms with van der Waals surface area (Å²) in [6, 6.07) is 11.6. The number of carbonyl (C=O) groups excluding carboxylic acids is 2. The second kappa shape index (κ2) is 9.25. The molecule has 1 amide bonds. The largest absolute Gasteiger partial charge is 0.451 e. The van der Waals surface area contributed by atoms with Gasteiger partial charge in [-0.1, -0.05) is 6.07 Å². The fourth-order valence-corrected chi connectivity index (χ4v) is 5.96. The summed E-state index contributed by atoms with van der Waals surface area (Å²) < 4.78 is 32.5. The summed E-state index contributed by atoms with van der Waals surface area (Å²) in [5.41, 5.74) is 0.180. The predicted molar refractivity (Wildman–Crippen MR) is 122 cm³/mol. The molecule has 172 valence electrons. The van der Waals surface area contributed by atoms with E-state index < -0.39 is 33.4 Å². The molecule has 10 nitrogen and oxygen atoms in total. The lowest BCUT2D eigenvalue weighted by Gasteiger charge is -2.16. The summed E-state index contributed by atoms with van der Waals surface area (Å²) in [6.07, 6.45) is 1.63. The van der Waals surface area contributed by atoms with Crippen LogP contribution in [0.5, 0.6) is 0 Å². The van der Waals surface area contributed by atoms with Gasteiger partial charge in [-0.05, 0) is 43.2 Å². The Bertz CT molecular complexity index is 1340. The number of esters is 1. The van der Waals surface area contributed by atoms with Crippen LogP contribution in [0.15, 0.2) is 53.4 Å². The molecule has 0 bridgehead atoms. The minimum atomic E-state index is -3.62. The molecule has 0 radical (unpaired) electrons. The van der Waals surface area contributed by atoms with Crippen LogP contribution in [-0.2, 0) is 19.6 Å². The SMILES string of the molecule is O=C(COC(=O)c1cc2cc([N+](=O)[O-])ccc2s1)Nc1cccc(S(=O)(=O)N2CCCC2)c1. The minimum Gasteiger partial charge on any atom is -0.451 e. The first-order valence-corrected chi connectivity index (χ1v) is 12.2. The quantitative estimate of drug-likeness (QED) is 0.305. The standard InChI is InChI=1S/C21H19N3O7S2/c25-20(22-15-4-3-5-17(12-15)33(29,30)23-8-1-2-9-23)13-31-21(26)19-11-14-10-16(24(27)28)6-7-18(14)32-19/h3-7,10-12H,1-2,8-9,13H2,(H,22,25). The van der Waals surface area contributed by atoms with Crippen molar-refractivity contribution in [3.05, 3.63) is 63.5 Å². The number of hydrogen-bond acceptors (Lipinski definition) is 8. The lowest BCUT2D eigenvalue weighted by Crippen LogP contribution is -2.28. The van der Waals surface area contributed by atoms with Crippen molar-refractivity contribution in [2.24, 2.45) is 0 Å². The average molecular weight is 490 g/mol. The van der Waals surface area contributed by atoms with E-state index in [0.717, 1.165) is 24.2 Å². The number of anilines is 1. The molecule has 2 aromatic carbocycles. The second-order valence-electron chi connectivity index (χ2n) is 7.35. The Kier molecular flexibility index (Phi) is 6.40. The second-order valence-corrected chi connectivity index (χ2v) is 10.4. The fraction of sp³-hybridized carbons (Fsp3) is 0.238. The Hall–Kier alpha value is -3.35. The minimum absolute atomic E-state index is 0.0820. The Morgan fingerprint density at radius 2 is 1.88 bits per heavy atom. The number of ether oxygens (including phenoxy) is 1. The third-order valence-electron chi connectivity index (χ3n) is 5.07. The highest BCUT2D eigenvalue weighted by Gasteiger charge is 2.27. The van der Waals surface area contributed by atoms with Gasteiger partial charge in [0.15, 0.2) is 6.61 Å². The van der Waals surface area contributed by atoms with Gasteiger partial charge in [0.05, 0.1) is 9.82 Å². The predicted octanol–water partition coefficient (Wildman–Crippen LogP) is 3.39. The maximum atomic E-state index is 12.7. The van der Waals surface area contributed by atoms with Crippen molar-refractivity contribution in [1.29, 1.82) is 0 Å². The average Bonchev–Trinajstić information content (AvgIpc) is 3.47. The highest BCUT2D eigenvalue weighted by molar-refractivity contribution is 7.89. The number of carbonyl (C=O) groups is 2. The Labute approximate surface area is 193 Å². The van der Waals surface area contributed by atoms with E-state index in [1.54, 1.807) is 12.1 Å². The van der Waals surface area contributed by atoms with Gasteiger partial charge < -0.3 is 10.1 Å². The van der Waals surface area contributed by atoms with E-state index in [1.165, 1.54) is 40.7 Å². The topological polar surface area (TPSA) is 136 Å². The smallest absolute Gasteiger partial charge is 0.348 e. The van der Waals surface area contributed by atoms with Crippen LogP contribution in [0.4, 0.5) is 11.4 Å². The zero-order valence-electron chi connectivity index (χ0n) is 17.2. The van der Waals surface area contributed by atoms with Gasteiger partial charge in [0.1, 0.15) is 4.88 Å². The number of thiophene rings is 1. The molecule has 0 unspecified atom stereocenters. The molecule has 33 heavy (non-hydrogen) atoms. The van der Waals surface area contributed by atoms with Crippen LogP contribution in [0.25, 0.3) is 10.1 Å². The summed E-state index contributed by atoms with van der Waals surface area (Å²) in [5, 5.41) is 13.9. The van der Waals surface area contributed by atoms with Crippen molar-refractivity contribution in [2.75, 3.05) is 25.0 Å². The van der Waals surface area contributed by atoms with Crippen LogP contribution >= 0.6 is 11.3 Å². The summed E-state index contributed by atoms with van der Waals surface area (Å²) in [4.78, 5) is 35.2. The number of nitro groups is 1. The molecule has 1 N–H and O–H groups in total. The van der Waals surface area contributed by atoms with Gasteiger partial charge in [-0.15, -0.1) is 11.3 Å². The number of rotatable bonds is 7. The molecular weight excluding hydrogens is 470 g/mol. The zero-order valence-corrected chi connectivity index (χ0v) is 18.9. The Balaban J connectivity index is 1.38. The Morgan fingerprint density at radius 1 is 1.12 bits per heavy atom. The molecule has 1 fully saturated rings. The Morgan fingerprint density at radius 3 is 2.61 bits per heavy atom. The first-order chi connectivity index (χ1) is 15.7. The van der Waals surface area contributed by atoms with Crippen LogP contribution in [0.2, 0.25) is 0 Å². The van der Waals surface area contributed by atoms with Gasteiger partial charge >= 0.3 is 5.97 Å². The first-order valence-electron chi connectivity index (χ1n) is 9.99. The van der Waals surface area contributed by atoms with E-state index in [4.69, 9.17) is 4.74 Å². The fourth-order valence-electron chi connectivity index (χ4n) is 3.46. The van der Waals surface area contributed by atoms with Crippen LogP contribution in [0, 0.1) is 10.1 Å². The summed E-state index contributed by atoms with van der Waals surface area (Å²) in [7, 11) is -3.62. The third kappa shape index (κ3) is 5.02. The molecule has 0 aliphatic carbocycles. The van der Waals surface area contributed by atoms with Crippen molar-refractivity contribution in [2.45, 2.75) is 17.7 Å². The van der Waals surface area contributed by atoms with E-state index >= 15 is 0 Å². The molecule has 1 aliphatic rings. The highest BCUT2D eigenvalue weighted by atomic mass is 32.2. The zero-order chi connectivity index (χ0) is 23.6. The summed E-state index contributed by atoms with van der Waals surface area (Å²) >= 11 is 1.10. The van der Waals surface area contributed by atoms with Crippen LogP contribution in [0.3, 0.4) is 0 Å². The van der Waals surface area contributed by atoms with Crippen molar-refractivity contribution in [3.8, 4) is 0 Å².